The number of anilines is 1. The van der Waals surface area contributed by atoms with Gasteiger partial charge in [0.15, 0.2) is 5.82 Å². The number of nitrogens with one attached hydrogen (secondary N) is 1. The van der Waals surface area contributed by atoms with Crippen molar-refractivity contribution < 1.29 is 14.1 Å². The molecule has 0 radical (unpaired) electrons. The van der Waals surface area contributed by atoms with E-state index < -0.39 is 0 Å². The Morgan fingerprint density at radius 3 is 2.71 bits per heavy atom. The average molecular weight is 416 g/mol. The highest BCUT2D eigenvalue weighted by Gasteiger charge is 2.12. The normalized spacial score (nSPS) is 10.8. The number of aryl methyl sites for hydroxylation is 3. The lowest BCUT2D eigenvalue weighted by molar-refractivity contribution is 0.102. The lowest BCUT2D eigenvalue weighted by Gasteiger charge is -2.08. The maximum Gasteiger partial charge on any atom is 0.256 e. The smallest absolute Gasteiger partial charge is 0.256 e. The summed E-state index contributed by atoms with van der Waals surface area (Å²) in [5, 5.41) is 11.2. The van der Waals surface area contributed by atoms with E-state index in [1.54, 1.807) is 28.9 Å². The van der Waals surface area contributed by atoms with Crippen molar-refractivity contribution in [2.24, 2.45) is 0 Å². The Kier molecular flexibility index (Phi) is 5.84. The number of benzene rings is 2. The minimum absolute atomic E-state index is 0.246. The third-order valence-corrected chi connectivity index (χ3v) is 5.14. The van der Waals surface area contributed by atoms with E-state index in [0.29, 0.717) is 30.3 Å². The molecule has 4 rings (SSSR count). The van der Waals surface area contributed by atoms with Gasteiger partial charge in [-0.25, -0.2) is 0 Å². The maximum absolute atomic E-state index is 12.7. The van der Waals surface area contributed by atoms with Gasteiger partial charge in [-0.3, -0.25) is 9.48 Å². The zero-order valence-electron chi connectivity index (χ0n) is 17.8. The van der Waals surface area contributed by atoms with E-state index in [0.717, 1.165) is 17.0 Å². The van der Waals surface area contributed by atoms with Gasteiger partial charge in [-0.05, 0) is 50.1 Å². The molecule has 2 heterocycles. The lowest BCUT2D eigenvalue weighted by Crippen LogP contribution is -2.13. The van der Waals surface area contributed by atoms with Gasteiger partial charge >= 0.3 is 0 Å². The number of nitrogens with zero attached hydrogens (tertiary/aromatic N) is 3. The molecular formula is C24H24N4O3. The van der Waals surface area contributed by atoms with Crippen molar-refractivity contribution in [2.75, 3.05) is 5.32 Å². The molecule has 2 aromatic carbocycles. The monoisotopic (exact) mass is 416 g/mol. The molecule has 0 fully saturated rings. The van der Waals surface area contributed by atoms with Crippen molar-refractivity contribution in [2.45, 2.75) is 33.9 Å². The van der Waals surface area contributed by atoms with Crippen LogP contribution in [0.25, 0.3) is 0 Å². The zero-order chi connectivity index (χ0) is 21.8. The molecule has 0 aliphatic heterocycles. The van der Waals surface area contributed by atoms with Gasteiger partial charge in [-0.15, -0.1) is 0 Å². The molecule has 0 saturated heterocycles. The molecule has 7 nitrogen and oxygen atoms in total. The summed E-state index contributed by atoms with van der Waals surface area (Å²) in [6.45, 7) is 6.77. The van der Waals surface area contributed by atoms with Crippen LogP contribution in [0, 0.1) is 20.8 Å². The maximum atomic E-state index is 12.7. The van der Waals surface area contributed by atoms with E-state index in [4.69, 9.17) is 9.26 Å². The van der Waals surface area contributed by atoms with Crippen LogP contribution in [0.1, 0.15) is 38.5 Å². The van der Waals surface area contributed by atoms with E-state index in [-0.39, 0.29) is 5.91 Å². The Hall–Kier alpha value is -3.87. The average Bonchev–Trinajstić information content (AvgIpc) is 3.34. The number of amides is 1. The predicted octanol–water partition coefficient (Wildman–Crippen LogP) is 4.68. The second-order valence-corrected chi connectivity index (χ2v) is 7.40. The van der Waals surface area contributed by atoms with Gasteiger partial charge in [0.2, 0.25) is 0 Å². The molecule has 0 aliphatic carbocycles. The first-order valence-corrected chi connectivity index (χ1v) is 10.0. The van der Waals surface area contributed by atoms with Crippen molar-refractivity contribution in [1.29, 1.82) is 0 Å². The van der Waals surface area contributed by atoms with E-state index in [9.17, 15) is 4.79 Å². The fourth-order valence-electron chi connectivity index (χ4n) is 3.26. The van der Waals surface area contributed by atoms with Gasteiger partial charge in [-0.1, -0.05) is 35.5 Å². The molecular weight excluding hydrogens is 392 g/mol. The van der Waals surface area contributed by atoms with Gasteiger partial charge in [0.1, 0.15) is 18.1 Å². The van der Waals surface area contributed by atoms with Gasteiger partial charge < -0.3 is 14.6 Å². The number of carbonyl (C=O) groups excluding carboxylic acids is 1. The van der Waals surface area contributed by atoms with E-state index in [2.05, 4.69) is 34.6 Å². The quantitative estimate of drug-likeness (QED) is 0.473. The van der Waals surface area contributed by atoms with Crippen LogP contribution in [-0.4, -0.2) is 20.8 Å². The minimum Gasteiger partial charge on any atom is -0.489 e. The van der Waals surface area contributed by atoms with Crippen LogP contribution < -0.4 is 10.1 Å². The van der Waals surface area contributed by atoms with E-state index in [1.807, 2.05) is 38.2 Å². The van der Waals surface area contributed by atoms with Crippen molar-refractivity contribution in [3.05, 3.63) is 94.5 Å². The molecule has 0 aliphatic rings. The van der Waals surface area contributed by atoms with Crippen LogP contribution in [-0.2, 0) is 13.2 Å². The molecule has 158 valence electrons. The number of hydrogen-bond acceptors (Lipinski definition) is 5. The van der Waals surface area contributed by atoms with Crippen LogP contribution in [0.2, 0.25) is 0 Å². The summed E-state index contributed by atoms with van der Waals surface area (Å²) < 4.78 is 12.8. The van der Waals surface area contributed by atoms with Crippen molar-refractivity contribution in [1.82, 2.24) is 14.9 Å². The summed E-state index contributed by atoms with van der Waals surface area (Å²) in [5.41, 5.74) is 4.59. The number of carbonyl (C=O) groups is 1. The van der Waals surface area contributed by atoms with Gasteiger partial charge in [-0.2, -0.15) is 5.10 Å². The van der Waals surface area contributed by atoms with Crippen LogP contribution in [0.3, 0.4) is 0 Å². The third-order valence-electron chi connectivity index (χ3n) is 5.14. The highest BCUT2D eigenvalue weighted by atomic mass is 16.5. The lowest BCUT2D eigenvalue weighted by atomic mass is 10.1. The largest absolute Gasteiger partial charge is 0.489 e. The van der Waals surface area contributed by atoms with Crippen LogP contribution in [0.15, 0.2) is 65.3 Å². The first-order chi connectivity index (χ1) is 15.0. The zero-order valence-corrected chi connectivity index (χ0v) is 17.8. The number of aromatic nitrogens is 3. The molecule has 4 aromatic rings. The van der Waals surface area contributed by atoms with E-state index >= 15 is 0 Å². The predicted molar refractivity (Wildman–Crippen MR) is 117 cm³/mol. The fourth-order valence-corrected chi connectivity index (χ4v) is 3.26. The SMILES string of the molecule is Cc1ccccc1Cn1ccc(NC(=O)c2cccc(OCc3c(C)noc3C)c2)n1. The summed E-state index contributed by atoms with van der Waals surface area (Å²) in [5.74, 6) is 1.58. The minimum atomic E-state index is -0.246. The Labute approximate surface area is 180 Å². The van der Waals surface area contributed by atoms with Crippen LogP contribution in [0.5, 0.6) is 5.75 Å². The molecule has 0 unspecified atom stereocenters. The highest BCUT2D eigenvalue weighted by Crippen LogP contribution is 2.19. The molecule has 31 heavy (non-hydrogen) atoms. The van der Waals surface area contributed by atoms with Gasteiger partial charge in [0, 0.05) is 17.8 Å². The molecule has 0 bridgehead atoms. The third kappa shape index (κ3) is 4.83. The molecule has 1 N–H and O–H groups in total. The molecule has 0 saturated carbocycles. The second-order valence-electron chi connectivity index (χ2n) is 7.40. The fraction of sp³-hybridized carbons (Fsp3) is 0.208. The van der Waals surface area contributed by atoms with Crippen LogP contribution >= 0.6 is 0 Å². The molecule has 1 amide bonds. The standard InChI is InChI=1S/C24H24N4O3/c1-16-7-4-5-8-20(16)14-28-12-11-23(26-28)25-24(29)19-9-6-10-21(13-19)30-15-22-17(2)27-31-18(22)3/h4-13H,14-15H2,1-3H3,(H,25,26,29). The summed E-state index contributed by atoms with van der Waals surface area (Å²) in [6, 6.07) is 17.0. The van der Waals surface area contributed by atoms with Crippen molar-refractivity contribution >= 4 is 11.7 Å². The summed E-state index contributed by atoms with van der Waals surface area (Å²) in [4.78, 5) is 12.7. The Balaban J connectivity index is 1.39. The van der Waals surface area contributed by atoms with Crippen LogP contribution in [0.4, 0.5) is 5.82 Å². The first-order valence-electron chi connectivity index (χ1n) is 10.0. The Morgan fingerprint density at radius 1 is 1.10 bits per heavy atom. The summed E-state index contributed by atoms with van der Waals surface area (Å²) in [7, 11) is 0. The van der Waals surface area contributed by atoms with Crippen molar-refractivity contribution in [3.63, 3.8) is 0 Å². The van der Waals surface area contributed by atoms with Gasteiger partial charge in [0.05, 0.1) is 17.8 Å². The highest BCUT2D eigenvalue weighted by molar-refractivity contribution is 6.03. The number of hydrogen-bond donors (Lipinski definition) is 1. The van der Waals surface area contributed by atoms with Crippen molar-refractivity contribution in [3.8, 4) is 5.75 Å². The number of ether oxygens (including phenoxy) is 1. The first kappa shape index (κ1) is 20.4. The van der Waals surface area contributed by atoms with E-state index in [1.165, 1.54) is 11.1 Å². The Morgan fingerprint density at radius 2 is 1.94 bits per heavy atom. The topological polar surface area (TPSA) is 82.2 Å². The number of rotatable bonds is 7. The summed E-state index contributed by atoms with van der Waals surface area (Å²) in [6.07, 6.45) is 1.85. The molecule has 0 spiro atoms. The molecule has 2 aromatic heterocycles. The van der Waals surface area contributed by atoms with Gasteiger partial charge in [0.25, 0.3) is 5.91 Å². The second kappa shape index (κ2) is 8.87. The molecule has 0 atom stereocenters. The molecule has 7 heteroatoms. The summed E-state index contributed by atoms with van der Waals surface area (Å²) >= 11 is 0. The Bertz CT molecular complexity index is 1190.